The molecule has 17 heavy (non-hydrogen) atoms. The summed E-state index contributed by atoms with van der Waals surface area (Å²) in [5, 5.41) is 0. The molecule has 0 bridgehead atoms. The lowest BCUT2D eigenvalue weighted by Gasteiger charge is -2.50. The fourth-order valence-electron chi connectivity index (χ4n) is 3.38. The van der Waals surface area contributed by atoms with Crippen LogP contribution in [0.25, 0.3) is 0 Å². The maximum atomic E-state index is 10.7. The zero-order valence-corrected chi connectivity index (χ0v) is 10.8. The van der Waals surface area contributed by atoms with Gasteiger partial charge < -0.3 is 0 Å². The zero-order chi connectivity index (χ0) is 12.9. The van der Waals surface area contributed by atoms with Crippen molar-refractivity contribution in [1.82, 2.24) is 0 Å². The van der Waals surface area contributed by atoms with Crippen LogP contribution < -0.4 is 0 Å². The first-order chi connectivity index (χ1) is 8.10. The average molecular weight is 236 g/mol. The molecule has 0 spiro atoms. The molecule has 4 nitrogen and oxygen atoms in total. The number of rotatable bonds is 4. The van der Waals surface area contributed by atoms with E-state index in [1.54, 1.807) is 12.2 Å². The third-order valence-electron chi connectivity index (χ3n) is 4.70. The summed E-state index contributed by atoms with van der Waals surface area (Å²) >= 11 is 0. The molecule has 1 aliphatic rings. The van der Waals surface area contributed by atoms with Crippen molar-refractivity contribution >= 4 is 12.2 Å². The van der Waals surface area contributed by atoms with Crippen molar-refractivity contribution in [2.75, 3.05) is 0 Å². The van der Waals surface area contributed by atoms with Gasteiger partial charge in [0.1, 0.15) is 0 Å². The molecule has 0 aromatic rings. The highest BCUT2D eigenvalue weighted by molar-refractivity contribution is 5.39. The topological polar surface area (TPSA) is 58.9 Å². The Balaban J connectivity index is 3.29. The van der Waals surface area contributed by atoms with Crippen molar-refractivity contribution in [3.8, 4) is 0 Å². The number of carbonyl (C=O) groups excluding carboxylic acids is 2. The molecule has 2 unspecified atom stereocenters. The Bertz CT molecular complexity index is 364. The third-order valence-corrected chi connectivity index (χ3v) is 4.70. The highest BCUT2D eigenvalue weighted by Gasteiger charge is 2.53. The lowest BCUT2D eigenvalue weighted by Crippen LogP contribution is -2.54. The standard InChI is InChI=1S/C13H20N2O2/c1-4-13(5-2)8-6-7-11(14-9-16)12(13,3)15-10-17/h11H,4-8H2,1-3H3. The second-order valence-corrected chi connectivity index (χ2v) is 4.97. The minimum Gasteiger partial charge on any atom is -0.211 e. The molecule has 0 aliphatic heterocycles. The van der Waals surface area contributed by atoms with Gasteiger partial charge in [-0.1, -0.05) is 20.3 Å². The van der Waals surface area contributed by atoms with E-state index in [2.05, 4.69) is 23.8 Å². The van der Waals surface area contributed by atoms with Crippen LogP contribution in [0, 0.1) is 5.41 Å². The molecular weight excluding hydrogens is 216 g/mol. The summed E-state index contributed by atoms with van der Waals surface area (Å²) in [6, 6.07) is -0.241. The van der Waals surface area contributed by atoms with Crippen molar-refractivity contribution in [2.45, 2.75) is 64.5 Å². The van der Waals surface area contributed by atoms with Crippen LogP contribution in [0.2, 0.25) is 0 Å². The molecule has 0 aromatic carbocycles. The van der Waals surface area contributed by atoms with Crippen molar-refractivity contribution in [2.24, 2.45) is 15.4 Å². The number of nitrogens with zero attached hydrogens (tertiary/aromatic N) is 2. The molecule has 0 saturated heterocycles. The molecule has 4 heteroatoms. The number of hydrogen-bond acceptors (Lipinski definition) is 4. The summed E-state index contributed by atoms with van der Waals surface area (Å²) < 4.78 is 0. The Morgan fingerprint density at radius 3 is 2.35 bits per heavy atom. The minimum atomic E-state index is -0.617. The van der Waals surface area contributed by atoms with Gasteiger partial charge in [-0.15, -0.1) is 0 Å². The maximum Gasteiger partial charge on any atom is 0.235 e. The quantitative estimate of drug-likeness (QED) is 0.556. The van der Waals surface area contributed by atoms with E-state index >= 15 is 0 Å². The smallest absolute Gasteiger partial charge is 0.211 e. The molecule has 0 N–H and O–H groups in total. The van der Waals surface area contributed by atoms with E-state index in [4.69, 9.17) is 0 Å². The Kier molecular flexibility index (Phi) is 4.39. The summed E-state index contributed by atoms with van der Waals surface area (Å²) in [5.41, 5.74) is -0.679. The van der Waals surface area contributed by atoms with Gasteiger partial charge in [0, 0.05) is 0 Å². The van der Waals surface area contributed by atoms with E-state index in [0.717, 1.165) is 32.1 Å². The van der Waals surface area contributed by atoms with E-state index in [1.807, 2.05) is 6.92 Å². The zero-order valence-electron chi connectivity index (χ0n) is 10.8. The van der Waals surface area contributed by atoms with Gasteiger partial charge in [-0.2, -0.15) is 9.98 Å². The predicted octanol–water partition coefficient (Wildman–Crippen LogP) is 2.78. The van der Waals surface area contributed by atoms with Crippen LogP contribution in [0.5, 0.6) is 0 Å². The monoisotopic (exact) mass is 236 g/mol. The highest BCUT2D eigenvalue weighted by Crippen LogP contribution is 2.52. The molecule has 1 aliphatic carbocycles. The van der Waals surface area contributed by atoms with Crippen LogP contribution in [0.1, 0.15) is 52.9 Å². The summed E-state index contributed by atoms with van der Waals surface area (Å²) in [6.45, 7) is 6.14. The minimum absolute atomic E-state index is 0.0618. The largest absolute Gasteiger partial charge is 0.235 e. The van der Waals surface area contributed by atoms with Crippen LogP contribution in [0.4, 0.5) is 0 Å². The molecule has 2 atom stereocenters. The SMILES string of the molecule is CCC1(CC)CCCC(N=C=O)C1(C)N=C=O. The molecule has 0 radical (unpaired) electrons. The van der Waals surface area contributed by atoms with Crippen molar-refractivity contribution in [3.63, 3.8) is 0 Å². The second-order valence-electron chi connectivity index (χ2n) is 4.97. The van der Waals surface area contributed by atoms with Crippen molar-refractivity contribution < 1.29 is 9.59 Å². The fraction of sp³-hybridized carbons (Fsp3) is 0.846. The van der Waals surface area contributed by atoms with Crippen LogP contribution in [0.15, 0.2) is 9.98 Å². The van der Waals surface area contributed by atoms with Crippen molar-refractivity contribution in [3.05, 3.63) is 0 Å². The molecule has 94 valence electrons. The third kappa shape index (κ3) is 2.11. The van der Waals surface area contributed by atoms with Gasteiger partial charge in [0.25, 0.3) is 0 Å². The van der Waals surface area contributed by atoms with Gasteiger partial charge in [0.2, 0.25) is 12.2 Å². The molecule has 0 heterocycles. The molecule has 0 aromatic heterocycles. The summed E-state index contributed by atoms with van der Waals surface area (Å²) in [6.07, 6.45) is 7.98. The van der Waals surface area contributed by atoms with E-state index < -0.39 is 5.54 Å². The molecule has 0 amide bonds. The molecule has 1 saturated carbocycles. The first-order valence-electron chi connectivity index (χ1n) is 6.26. The predicted molar refractivity (Wildman–Crippen MR) is 65.3 cm³/mol. The average Bonchev–Trinajstić information content (AvgIpc) is 2.33. The maximum absolute atomic E-state index is 10.7. The van der Waals surface area contributed by atoms with Crippen LogP contribution in [-0.2, 0) is 9.59 Å². The second kappa shape index (κ2) is 5.39. The highest BCUT2D eigenvalue weighted by atomic mass is 16.1. The lowest BCUT2D eigenvalue weighted by molar-refractivity contribution is 0.0501. The van der Waals surface area contributed by atoms with E-state index in [1.165, 1.54) is 0 Å². The Hall–Kier alpha value is -1.24. The van der Waals surface area contributed by atoms with Crippen molar-refractivity contribution in [1.29, 1.82) is 0 Å². The van der Waals surface area contributed by atoms with Crippen LogP contribution >= 0.6 is 0 Å². The van der Waals surface area contributed by atoms with Crippen LogP contribution in [-0.4, -0.2) is 23.7 Å². The van der Waals surface area contributed by atoms with Gasteiger partial charge >= 0.3 is 0 Å². The number of aliphatic imine (C=N–C) groups is 2. The van der Waals surface area contributed by atoms with Gasteiger partial charge in [-0.3, -0.25) is 0 Å². The van der Waals surface area contributed by atoms with E-state index in [9.17, 15) is 9.59 Å². The first-order valence-corrected chi connectivity index (χ1v) is 6.26. The number of hydrogen-bond donors (Lipinski definition) is 0. The van der Waals surface area contributed by atoms with Gasteiger partial charge in [0.05, 0.1) is 11.6 Å². The summed E-state index contributed by atoms with van der Waals surface area (Å²) in [5.74, 6) is 0. The Morgan fingerprint density at radius 2 is 1.88 bits per heavy atom. The molecule has 1 fully saturated rings. The van der Waals surface area contributed by atoms with Crippen LogP contribution in [0.3, 0.4) is 0 Å². The fourth-order valence-corrected chi connectivity index (χ4v) is 3.38. The number of isocyanates is 2. The lowest BCUT2D eigenvalue weighted by atomic mass is 9.57. The van der Waals surface area contributed by atoms with E-state index in [0.29, 0.717) is 0 Å². The summed E-state index contributed by atoms with van der Waals surface area (Å²) in [7, 11) is 0. The first kappa shape index (κ1) is 13.8. The van der Waals surface area contributed by atoms with Gasteiger partial charge in [-0.05, 0) is 38.0 Å². The van der Waals surface area contributed by atoms with Gasteiger partial charge in [-0.25, -0.2) is 9.59 Å². The molecule has 1 rings (SSSR count). The summed E-state index contributed by atoms with van der Waals surface area (Å²) in [4.78, 5) is 29.1. The normalized spacial score (nSPS) is 31.1. The van der Waals surface area contributed by atoms with Gasteiger partial charge in [0.15, 0.2) is 0 Å². The Morgan fingerprint density at radius 1 is 1.24 bits per heavy atom. The van der Waals surface area contributed by atoms with E-state index in [-0.39, 0.29) is 11.5 Å². The molecular formula is C13H20N2O2. The Labute approximate surface area is 102 Å².